The van der Waals surface area contributed by atoms with Crippen LogP contribution in [0.3, 0.4) is 0 Å². The summed E-state index contributed by atoms with van der Waals surface area (Å²) in [6.07, 6.45) is 0.980. The molecule has 1 rings (SSSR count). The second-order valence-electron chi connectivity index (χ2n) is 3.72. The van der Waals surface area contributed by atoms with E-state index in [0.717, 1.165) is 24.3 Å². The van der Waals surface area contributed by atoms with Gasteiger partial charge in [0.15, 0.2) is 0 Å². The highest BCUT2D eigenvalue weighted by molar-refractivity contribution is 5.66. The molecule has 0 atom stereocenters. The van der Waals surface area contributed by atoms with Gasteiger partial charge in [-0.05, 0) is 38.0 Å². The van der Waals surface area contributed by atoms with Crippen LogP contribution in [-0.2, 0) is 0 Å². The molecule has 0 aliphatic rings. The van der Waals surface area contributed by atoms with Crippen molar-refractivity contribution in [2.45, 2.75) is 20.3 Å². The van der Waals surface area contributed by atoms with Crippen molar-refractivity contribution in [1.29, 1.82) is 0 Å². The molecule has 0 aromatic heterocycles. The van der Waals surface area contributed by atoms with Crippen molar-refractivity contribution in [2.75, 3.05) is 17.6 Å². The Balaban J connectivity index is 2.57. The molecule has 14 heavy (non-hydrogen) atoms. The van der Waals surface area contributed by atoms with Gasteiger partial charge >= 0.3 is 0 Å². The molecule has 0 bridgehead atoms. The average Bonchev–Trinajstić information content (AvgIpc) is 2.10. The van der Waals surface area contributed by atoms with Gasteiger partial charge in [0, 0.05) is 6.54 Å². The van der Waals surface area contributed by atoms with E-state index >= 15 is 0 Å². The fourth-order valence-corrected chi connectivity index (χ4v) is 1.23. The van der Waals surface area contributed by atoms with Crippen LogP contribution in [0.25, 0.3) is 0 Å². The lowest BCUT2D eigenvalue weighted by Gasteiger charge is -2.09. The number of hydrogen-bond acceptors (Lipinski definition) is 2. The monoisotopic (exact) mass is 190 g/mol. The van der Waals surface area contributed by atoms with Crippen LogP contribution >= 0.6 is 0 Å². The maximum atomic E-state index is 5.82. The lowest BCUT2D eigenvalue weighted by molar-refractivity contribution is 1.00. The zero-order chi connectivity index (χ0) is 10.6. The lowest BCUT2D eigenvalue weighted by Crippen LogP contribution is -2.04. The number of nitrogen functional groups attached to an aromatic ring is 1. The molecule has 3 N–H and O–H groups in total. The van der Waals surface area contributed by atoms with Crippen molar-refractivity contribution in [3.8, 4) is 0 Å². The molecular formula is C12H18N2. The summed E-state index contributed by atoms with van der Waals surface area (Å²) in [5.74, 6) is 0. The molecule has 76 valence electrons. The summed E-state index contributed by atoms with van der Waals surface area (Å²) < 4.78 is 0. The largest absolute Gasteiger partial charge is 0.397 e. The van der Waals surface area contributed by atoms with E-state index in [0.29, 0.717) is 0 Å². The summed E-state index contributed by atoms with van der Waals surface area (Å²) in [4.78, 5) is 0. The number of anilines is 2. The van der Waals surface area contributed by atoms with Gasteiger partial charge in [0.25, 0.3) is 0 Å². The number of nitrogens with one attached hydrogen (secondary N) is 1. The Bertz CT molecular complexity index is 329. The number of aryl methyl sites for hydroxylation is 1. The Morgan fingerprint density at radius 1 is 1.50 bits per heavy atom. The molecular weight excluding hydrogens is 172 g/mol. The Kier molecular flexibility index (Phi) is 3.57. The lowest BCUT2D eigenvalue weighted by atomic mass is 10.2. The first-order valence-electron chi connectivity index (χ1n) is 4.84. The summed E-state index contributed by atoms with van der Waals surface area (Å²) in [6, 6.07) is 6.01. The maximum Gasteiger partial charge on any atom is 0.0576 e. The van der Waals surface area contributed by atoms with E-state index in [1.807, 2.05) is 19.1 Å². The first-order valence-corrected chi connectivity index (χ1v) is 4.84. The second kappa shape index (κ2) is 4.70. The minimum Gasteiger partial charge on any atom is -0.397 e. The minimum absolute atomic E-state index is 0.803. The van der Waals surface area contributed by atoms with Crippen LogP contribution in [0.15, 0.2) is 30.4 Å². The van der Waals surface area contributed by atoms with Crippen molar-refractivity contribution in [2.24, 2.45) is 0 Å². The molecule has 0 fully saturated rings. The average molecular weight is 190 g/mol. The van der Waals surface area contributed by atoms with E-state index in [4.69, 9.17) is 5.73 Å². The SMILES string of the molecule is C=C(C)CCNc1cc(C)ccc1N. The number of rotatable bonds is 4. The molecule has 2 nitrogen and oxygen atoms in total. The zero-order valence-electron chi connectivity index (χ0n) is 8.93. The molecule has 0 unspecified atom stereocenters. The van der Waals surface area contributed by atoms with Crippen LogP contribution in [0.5, 0.6) is 0 Å². The van der Waals surface area contributed by atoms with Crippen LogP contribution in [0.1, 0.15) is 18.9 Å². The van der Waals surface area contributed by atoms with Crippen LogP contribution in [0, 0.1) is 6.92 Å². The fraction of sp³-hybridized carbons (Fsp3) is 0.333. The van der Waals surface area contributed by atoms with Gasteiger partial charge in [0.1, 0.15) is 0 Å². The molecule has 1 aromatic carbocycles. The Labute approximate surface area is 85.8 Å². The highest BCUT2D eigenvalue weighted by atomic mass is 14.9. The third-order valence-corrected chi connectivity index (χ3v) is 2.08. The van der Waals surface area contributed by atoms with Crippen molar-refractivity contribution in [1.82, 2.24) is 0 Å². The molecule has 0 amide bonds. The number of hydrogen-bond donors (Lipinski definition) is 2. The van der Waals surface area contributed by atoms with Gasteiger partial charge in [0.05, 0.1) is 11.4 Å². The maximum absolute atomic E-state index is 5.82. The van der Waals surface area contributed by atoms with E-state index in [1.165, 1.54) is 11.1 Å². The zero-order valence-corrected chi connectivity index (χ0v) is 8.93. The molecule has 2 heteroatoms. The first kappa shape index (κ1) is 10.6. The molecule has 0 spiro atoms. The molecule has 0 saturated heterocycles. The molecule has 0 radical (unpaired) electrons. The van der Waals surface area contributed by atoms with Crippen LogP contribution in [0.2, 0.25) is 0 Å². The number of benzene rings is 1. The fourth-order valence-electron chi connectivity index (χ4n) is 1.23. The van der Waals surface area contributed by atoms with E-state index in [-0.39, 0.29) is 0 Å². The van der Waals surface area contributed by atoms with Gasteiger partial charge in [-0.25, -0.2) is 0 Å². The van der Waals surface area contributed by atoms with Gasteiger partial charge in [-0.1, -0.05) is 11.6 Å². The smallest absolute Gasteiger partial charge is 0.0576 e. The predicted octanol–water partition coefficient (Wildman–Crippen LogP) is 2.96. The van der Waals surface area contributed by atoms with Gasteiger partial charge in [0.2, 0.25) is 0 Å². The molecule has 1 aromatic rings. The van der Waals surface area contributed by atoms with Gasteiger partial charge in [-0.3, -0.25) is 0 Å². The molecule has 0 saturated carbocycles. The van der Waals surface area contributed by atoms with E-state index < -0.39 is 0 Å². The normalized spacial score (nSPS) is 9.86. The van der Waals surface area contributed by atoms with Crippen LogP contribution in [0.4, 0.5) is 11.4 Å². The summed E-state index contributed by atoms with van der Waals surface area (Å²) in [7, 11) is 0. The highest BCUT2D eigenvalue weighted by Gasteiger charge is 1.97. The predicted molar refractivity (Wildman–Crippen MR) is 63.5 cm³/mol. The van der Waals surface area contributed by atoms with Crippen LogP contribution in [-0.4, -0.2) is 6.54 Å². The first-order chi connectivity index (χ1) is 6.59. The van der Waals surface area contributed by atoms with Crippen molar-refractivity contribution < 1.29 is 0 Å². The second-order valence-corrected chi connectivity index (χ2v) is 3.72. The standard InChI is InChI=1S/C12H18N2/c1-9(2)6-7-14-12-8-10(3)4-5-11(12)13/h4-5,8,14H,1,6-7,13H2,2-3H3. The van der Waals surface area contributed by atoms with Crippen LogP contribution < -0.4 is 11.1 Å². The van der Waals surface area contributed by atoms with E-state index in [1.54, 1.807) is 0 Å². The Morgan fingerprint density at radius 3 is 2.86 bits per heavy atom. The summed E-state index contributed by atoms with van der Waals surface area (Å²) in [5, 5.41) is 3.30. The van der Waals surface area contributed by atoms with Crippen molar-refractivity contribution in [3.05, 3.63) is 35.9 Å². The topological polar surface area (TPSA) is 38.0 Å². The summed E-state index contributed by atoms with van der Waals surface area (Å²) in [5.41, 5.74) is 10.0. The van der Waals surface area contributed by atoms with Gasteiger partial charge in [-0.15, -0.1) is 6.58 Å². The molecule has 0 heterocycles. The summed E-state index contributed by atoms with van der Waals surface area (Å²) >= 11 is 0. The summed E-state index contributed by atoms with van der Waals surface area (Å²) in [6.45, 7) is 8.83. The Hall–Kier alpha value is -1.44. The molecule has 0 aliphatic heterocycles. The van der Waals surface area contributed by atoms with E-state index in [9.17, 15) is 0 Å². The third-order valence-electron chi connectivity index (χ3n) is 2.08. The van der Waals surface area contributed by atoms with Crippen molar-refractivity contribution >= 4 is 11.4 Å². The van der Waals surface area contributed by atoms with Gasteiger partial charge in [-0.2, -0.15) is 0 Å². The third kappa shape index (κ3) is 3.13. The van der Waals surface area contributed by atoms with E-state index in [2.05, 4.69) is 24.9 Å². The van der Waals surface area contributed by atoms with Crippen molar-refractivity contribution in [3.63, 3.8) is 0 Å². The minimum atomic E-state index is 0.803. The molecule has 0 aliphatic carbocycles. The quantitative estimate of drug-likeness (QED) is 0.566. The highest BCUT2D eigenvalue weighted by Crippen LogP contribution is 2.19. The van der Waals surface area contributed by atoms with Gasteiger partial charge < -0.3 is 11.1 Å². The Morgan fingerprint density at radius 2 is 2.21 bits per heavy atom. The number of nitrogens with two attached hydrogens (primary N) is 1.